The van der Waals surface area contributed by atoms with Crippen LogP contribution in [0.25, 0.3) is 11.4 Å². The fraction of sp³-hybridized carbons (Fsp3) is 0.591. The van der Waals surface area contributed by atoms with Gasteiger partial charge in [-0.25, -0.2) is 0 Å². The Hall–Kier alpha value is -2.26. The van der Waals surface area contributed by atoms with Gasteiger partial charge in [-0.3, -0.25) is 9.36 Å². The molecule has 166 valence electrons. The summed E-state index contributed by atoms with van der Waals surface area (Å²) in [6, 6.07) is 6.11. The van der Waals surface area contributed by atoms with Gasteiger partial charge in [0.25, 0.3) is 0 Å². The molecular weight excluding hydrogens is 416 g/mol. The number of aromatic nitrogens is 3. The molecule has 1 amide bonds. The smallest absolute Gasteiger partial charge is 0.231 e. The molecule has 0 unspecified atom stereocenters. The second kappa shape index (κ2) is 9.48. The van der Waals surface area contributed by atoms with Crippen molar-refractivity contribution in [3.05, 3.63) is 18.2 Å². The van der Waals surface area contributed by atoms with Gasteiger partial charge >= 0.3 is 0 Å². The molecule has 1 saturated heterocycles. The van der Waals surface area contributed by atoms with Gasteiger partial charge in [-0.1, -0.05) is 31.0 Å². The van der Waals surface area contributed by atoms with Gasteiger partial charge in [0.05, 0.1) is 18.4 Å². The molecule has 5 rings (SSSR count). The van der Waals surface area contributed by atoms with Crippen LogP contribution in [0.5, 0.6) is 11.5 Å². The summed E-state index contributed by atoms with van der Waals surface area (Å²) in [7, 11) is 0. The molecule has 8 nitrogen and oxygen atoms in total. The van der Waals surface area contributed by atoms with Gasteiger partial charge in [-0.2, -0.15) is 0 Å². The largest absolute Gasteiger partial charge is 0.454 e. The van der Waals surface area contributed by atoms with E-state index in [2.05, 4.69) is 20.1 Å². The van der Waals surface area contributed by atoms with Crippen molar-refractivity contribution in [2.24, 2.45) is 0 Å². The lowest BCUT2D eigenvalue weighted by Crippen LogP contribution is -2.37. The van der Waals surface area contributed by atoms with Crippen LogP contribution < -0.4 is 14.8 Å². The molecule has 0 radical (unpaired) electrons. The highest BCUT2D eigenvalue weighted by Crippen LogP contribution is 2.36. The first kappa shape index (κ1) is 20.6. The third kappa shape index (κ3) is 4.82. The Bertz CT molecular complexity index is 922. The number of benzene rings is 1. The number of nitrogens with zero attached hydrogens (tertiary/aromatic N) is 3. The quantitative estimate of drug-likeness (QED) is 0.655. The van der Waals surface area contributed by atoms with Crippen LogP contribution in [0.15, 0.2) is 23.4 Å². The molecule has 3 aliphatic rings. The predicted octanol–water partition coefficient (Wildman–Crippen LogP) is 3.39. The summed E-state index contributed by atoms with van der Waals surface area (Å²) in [6.45, 7) is 1.69. The number of amides is 1. The topological polar surface area (TPSA) is 87.5 Å². The Morgan fingerprint density at radius 1 is 1.10 bits per heavy atom. The van der Waals surface area contributed by atoms with Gasteiger partial charge in [0.2, 0.25) is 12.7 Å². The average molecular weight is 445 g/mol. The molecule has 3 heterocycles. The summed E-state index contributed by atoms with van der Waals surface area (Å²) in [5.41, 5.74) is 0.910. The first-order chi connectivity index (χ1) is 15.3. The van der Waals surface area contributed by atoms with Crippen molar-refractivity contribution in [1.29, 1.82) is 0 Å². The Kier molecular flexibility index (Phi) is 6.31. The van der Waals surface area contributed by atoms with E-state index in [1.54, 1.807) is 0 Å². The van der Waals surface area contributed by atoms with Gasteiger partial charge < -0.3 is 19.5 Å². The Balaban J connectivity index is 1.32. The molecule has 1 aromatic carbocycles. The molecule has 31 heavy (non-hydrogen) atoms. The van der Waals surface area contributed by atoms with Crippen molar-refractivity contribution in [2.75, 3.05) is 19.2 Å². The van der Waals surface area contributed by atoms with Crippen LogP contribution in [-0.4, -0.2) is 52.0 Å². The van der Waals surface area contributed by atoms with Crippen LogP contribution in [0, 0.1) is 0 Å². The molecule has 1 aromatic heterocycles. The minimum atomic E-state index is 0.0631. The Morgan fingerprint density at radius 3 is 2.81 bits per heavy atom. The standard InChI is InChI=1S/C22H28N4O4S/c27-20(23-16-5-2-1-3-6-16)13-31-22-25-24-21(26(22)12-17-7-4-10-28-17)15-8-9-18-19(11-15)30-14-29-18/h8-9,11,16-17H,1-7,10,12-14H2,(H,23,27)/t17-/m0/s1. The SMILES string of the molecule is O=C(CSc1nnc(-c2ccc3c(c2)OCO3)n1C[C@@H]1CCCO1)NC1CCCCC1. The summed E-state index contributed by atoms with van der Waals surface area (Å²) in [4.78, 5) is 12.5. The van der Waals surface area contributed by atoms with E-state index in [-0.39, 0.29) is 18.8 Å². The van der Waals surface area contributed by atoms with Crippen molar-refractivity contribution < 1.29 is 19.0 Å². The van der Waals surface area contributed by atoms with E-state index in [0.29, 0.717) is 24.1 Å². The molecule has 1 saturated carbocycles. The normalized spacial score (nSPS) is 20.8. The van der Waals surface area contributed by atoms with E-state index in [1.807, 2.05) is 18.2 Å². The van der Waals surface area contributed by atoms with E-state index < -0.39 is 0 Å². The summed E-state index contributed by atoms with van der Waals surface area (Å²) in [6.07, 6.45) is 8.07. The van der Waals surface area contributed by atoms with Crippen molar-refractivity contribution >= 4 is 17.7 Å². The first-order valence-electron chi connectivity index (χ1n) is 11.1. The third-order valence-corrected chi connectivity index (χ3v) is 7.03. The fourth-order valence-electron chi connectivity index (χ4n) is 4.45. The van der Waals surface area contributed by atoms with Gasteiger partial charge in [0, 0.05) is 18.2 Å². The van der Waals surface area contributed by atoms with Crippen LogP contribution >= 0.6 is 11.8 Å². The highest BCUT2D eigenvalue weighted by Gasteiger charge is 2.24. The van der Waals surface area contributed by atoms with Crippen molar-refractivity contribution in [1.82, 2.24) is 20.1 Å². The number of ether oxygens (including phenoxy) is 3. The Labute approximate surface area is 186 Å². The predicted molar refractivity (Wildman–Crippen MR) is 116 cm³/mol. The number of hydrogen-bond donors (Lipinski definition) is 1. The molecule has 1 N–H and O–H groups in total. The number of carbonyl (C=O) groups is 1. The van der Waals surface area contributed by atoms with E-state index >= 15 is 0 Å². The number of hydrogen-bond acceptors (Lipinski definition) is 7. The molecule has 1 aliphatic carbocycles. The highest BCUT2D eigenvalue weighted by molar-refractivity contribution is 7.99. The summed E-state index contributed by atoms with van der Waals surface area (Å²) < 4.78 is 18.9. The maximum absolute atomic E-state index is 12.5. The van der Waals surface area contributed by atoms with Crippen molar-refractivity contribution in [2.45, 2.75) is 68.8 Å². The molecule has 2 aromatic rings. The zero-order valence-electron chi connectivity index (χ0n) is 17.5. The number of nitrogens with one attached hydrogen (secondary N) is 1. The zero-order chi connectivity index (χ0) is 21.0. The second-order valence-corrected chi connectivity index (χ2v) is 9.25. The number of rotatable bonds is 7. The van der Waals surface area contributed by atoms with Gasteiger partial charge in [-0.05, 0) is 43.9 Å². The third-order valence-electron chi connectivity index (χ3n) is 6.06. The van der Waals surface area contributed by atoms with Crippen LogP contribution in [0.3, 0.4) is 0 Å². The van der Waals surface area contributed by atoms with Gasteiger partial charge in [-0.15, -0.1) is 10.2 Å². The first-order valence-corrected chi connectivity index (χ1v) is 12.1. The van der Waals surface area contributed by atoms with Gasteiger partial charge in [0.1, 0.15) is 0 Å². The lowest BCUT2D eigenvalue weighted by Gasteiger charge is -2.22. The number of thioether (sulfide) groups is 1. The van der Waals surface area contributed by atoms with Crippen LogP contribution in [0.2, 0.25) is 0 Å². The molecule has 1 atom stereocenters. The summed E-state index contributed by atoms with van der Waals surface area (Å²) in [5.74, 6) is 2.60. The Morgan fingerprint density at radius 2 is 1.97 bits per heavy atom. The van der Waals surface area contributed by atoms with Gasteiger partial charge in [0.15, 0.2) is 22.5 Å². The maximum Gasteiger partial charge on any atom is 0.231 e. The molecule has 0 bridgehead atoms. The minimum Gasteiger partial charge on any atom is -0.454 e. The molecule has 2 fully saturated rings. The zero-order valence-corrected chi connectivity index (χ0v) is 18.4. The highest BCUT2D eigenvalue weighted by atomic mass is 32.2. The van der Waals surface area contributed by atoms with Crippen LogP contribution in [0.4, 0.5) is 0 Å². The van der Waals surface area contributed by atoms with E-state index in [1.165, 1.54) is 31.0 Å². The molecule has 2 aliphatic heterocycles. The summed E-state index contributed by atoms with van der Waals surface area (Å²) in [5, 5.41) is 12.8. The number of carbonyl (C=O) groups excluding carboxylic acids is 1. The molecule has 0 spiro atoms. The van der Waals surface area contributed by atoms with E-state index in [0.717, 1.165) is 54.6 Å². The number of fused-ring (bicyclic) bond motifs is 1. The molecule has 9 heteroatoms. The van der Waals surface area contributed by atoms with Crippen LogP contribution in [0.1, 0.15) is 44.9 Å². The van der Waals surface area contributed by atoms with Crippen LogP contribution in [-0.2, 0) is 16.1 Å². The van der Waals surface area contributed by atoms with Crippen molar-refractivity contribution in [3.8, 4) is 22.9 Å². The van der Waals surface area contributed by atoms with E-state index in [9.17, 15) is 4.79 Å². The minimum absolute atomic E-state index is 0.0631. The van der Waals surface area contributed by atoms with Crippen molar-refractivity contribution in [3.63, 3.8) is 0 Å². The average Bonchev–Trinajstić information content (AvgIpc) is 3.54. The lowest BCUT2D eigenvalue weighted by molar-refractivity contribution is -0.119. The second-order valence-electron chi connectivity index (χ2n) is 8.31. The fourth-order valence-corrected chi connectivity index (χ4v) is 5.21. The lowest BCUT2D eigenvalue weighted by atomic mass is 9.95. The summed E-state index contributed by atoms with van der Waals surface area (Å²) >= 11 is 1.43. The molecular formula is C22H28N4O4S. The maximum atomic E-state index is 12.5. The van der Waals surface area contributed by atoms with E-state index in [4.69, 9.17) is 14.2 Å². The monoisotopic (exact) mass is 444 g/mol.